The number of nitrogens with zero attached hydrogens (tertiary/aromatic N) is 1. The van der Waals surface area contributed by atoms with Gasteiger partial charge in [0.15, 0.2) is 0 Å². The second-order valence-electron chi connectivity index (χ2n) is 5.64. The molecule has 19 heavy (non-hydrogen) atoms. The smallest absolute Gasteiger partial charge is 0.317 e. The molecule has 2 rings (SSSR count). The van der Waals surface area contributed by atoms with Crippen LogP contribution in [0.4, 0.5) is 9.18 Å². The number of carbonyl (C=O) groups is 1. The maximum Gasteiger partial charge on any atom is 0.317 e. The van der Waals surface area contributed by atoms with E-state index in [0.29, 0.717) is 18.4 Å². The summed E-state index contributed by atoms with van der Waals surface area (Å²) in [5.74, 6) is 0.819. The van der Waals surface area contributed by atoms with E-state index in [4.69, 9.17) is 0 Å². The fraction of sp³-hybridized carbons (Fsp3) is 0.533. The van der Waals surface area contributed by atoms with Gasteiger partial charge in [-0.05, 0) is 36.0 Å². The standard InChI is InChI=1S/C15H21FN2O/c1-11-6-12(2)10-18(9-11)15(19)17-8-13-4-3-5-14(16)7-13/h3-5,7,11-12H,6,8-10H2,1-2H3,(H,17,19). The molecule has 0 aromatic heterocycles. The summed E-state index contributed by atoms with van der Waals surface area (Å²) in [6.07, 6.45) is 1.17. The van der Waals surface area contributed by atoms with Crippen LogP contribution in [0.15, 0.2) is 24.3 Å². The van der Waals surface area contributed by atoms with E-state index in [2.05, 4.69) is 19.2 Å². The molecule has 2 atom stereocenters. The molecule has 1 aromatic rings. The third-order valence-electron chi connectivity index (χ3n) is 3.49. The molecular formula is C15H21FN2O. The summed E-state index contributed by atoms with van der Waals surface area (Å²) in [4.78, 5) is 13.9. The Morgan fingerprint density at radius 2 is 2.05 bits per heavy atom. The highest BCUT2D eigenvalue weighted by molar-refractivity contribution is 5.74. The molecule has 0 saturated carbocycles. The van der Waals surface area contributed by atoms with Crippen LogP contribution in [0.25, 0.3) is 0 Å². The molecule has 1 N–H and O–H groups in total. The van der Waals surface area contributed by atoms with Gasteiger partial charge in [0.05, 0.1) is 0 Å². The van der Waals surface area contributed by atoms with Crippen LogP contribution in [0.3, 0.4) is 0 Å². The summed E-state index contributed by atoms with van der Waals surface area (Å²) in [5.41, 5.74) is 0.784. The fourth-order valence-electron chi connectivity index (χ4n) is 2.77. The van der Waals surface area contributed by atoms with E-state index in [1.54, 1.807) is 6.07 Å². The molecule has 0 radical (unpaired) electrons. The maximum atomic E-state index is 13.0. The highest BCUT2D eigenvalue weighted by atomic mass is 19.1. The van der Waals surface area contributed by atoms with Crippen LogP contribution in [0.1, 0.15) is 25.8 Å². The van der Waals surface area contributed by atoms with Gasteiger partial charge in [-0.3, -0.25) is 0 Å². The molecule has 0 spiro atoms. The Bertz CT molecular complexity index is 440. The Hall–Kier alpha value is -1.58. The van der Waals surface area contributed by atoms with Crippen molar-refractivity contribution >= 4 is 6.03 Å². The first-order chi connectivity index (χ1) is 9.04. The molecule has 104 valence electrons. The van der Waals surface area contributed by atoms with E-state index in [9.17, 15) is 9.18 Å². The van der Waals surface area contributed by atoms with Crippen molar-refractivity contribution < 1.29 is 9.18 Å². The van der Waals surface area contributed by atoms with Crippen molar-refractivity contribution in [3.63, 3.8) is 0 Å². The van der Waals surface area contributed by atoms with Crippen molar-refractivity contribution in [2.75, 3.05) is 13.1 Å². The van der Waals surface area contributed by atoms with Crippen LogP contribution in [0.5, 0.6) is 0 Å². The summed E-state index contributed by atoms with van der Waals surface area (Å²) >= 11 is 0. The van der Waals surface area contributed by atoms with E-state index in [0.717, 1.165) is 18.7 Å². The molecule has 0 aliphatic carbocycles. The third-order valence-corrected chi connectivity index (χ3v) is 3.49. The lowest BCUT2D eigenvalue weighted by molar-refractivity contribution is 0.146. The molecule has 4 heteroatoms. The Balaban J connectivity index is 1.87. The van der Waals surface area contributed by atoms with E-state index in [1.807, 2.05) is 11.0 Å². The van der Waals surface area contributed by atoms with Crippen LogP contribution in [-0.4, -0.2) is 24.0 Å². The Morgan fingerprint density at radius 1 is 1.37 bits per heavy atom. The number of piperidine rings is 1. The minimum atomic E-state index is -0.271. The van der Waals surface area contributed by atoms with E-state index in [1.165, 1.54) is 18.6 Å². The highest BCUT2D eigenvalue weighted by Crippen LogP contribution is 2.20. The lowest BCUT2D eigenvalue weighted by Gasteiger charge is -2.34. The van der Waals surface area contributed by atoms with Crippen LogP contribution in [0.2, 0.25) is 0 Å². The lowest BCUT2D eigenvalue weighted by atomic mass is 9.92. The molecule has 1 heterocycles. The quantitative estimate of drug-likeness (QED) is 0.875. The van der Waals surface area contributed by atoms with Crippen molar-refractivity contribution in [1.82, 2.24) is 10.2 Å². The average molecular weight is 264 g/mol. The second kappa shape index (κ2) is 6.04. The number of likely N-dealkylation sites (tertiary alicyclic amines) is 1. The summed E-state index contributed by atoms with van der Waals surface area (Å²) in [6, 6.07) is 6.26. The predicted octanol–water partition coefficient (Wildman–Crippen LogP) is 3.01. The number of carbonyl (C=O) groups excluding carboxylic acids is 1. The number of halogens is 1. The molecule has 3 nitrogen and oxygen atoms in total. The monoisotopic (exact) mass is 264 g/mol. The van der Waals surface area contributed by atoms with Crippen LogP contribution >= 0.6 is 0 Å². The molecule has 2 unspecified atom stereocenters. The van der Waals surface area contributed by atoms with Crippen LogP contribution in [-0.2, 0) is 6.54 Å². The van der Waals surface area contributed by atoms with Gasteiger partial charge in [0.25, 0.3) is 0 Å². The van der Waals surface area contributed by atoms with Gasteiger partial charge >= 0.3 is 6.03 Å². The molecule has 1 aromatic carbocycles. The van der Waals surface area contributed by atoms with Gasteiger partial charge in [0.2, 0.25) is 0 Å². The second-order valence-corrected chi connectivity index (χ2v) is 5.64. The zero-order valence-electron chi connectivity index (χ0n) is 11.5. The van der Waals surface area contributed by atoms with Crippen molar-refractivity contribution in [1.29, 1.82) is 0 Å². The number of benzene rings is 1. The lowest BCUT2D eigenvalue weighted by Crippen LogP contribution is -2.47. The Morgan fingerprint density at radius 3 is 2.68 bits per heavy atom. The van der Waals surface area contributed by atoms with Gasteiger partial charge in [-0.1, -0.05) is 26.0 Å². The molecule has 1 fully saturated rings. The highest BCUT2D eigenvalue weighted by Gasteiger charge is 2.24. The van der Waals surface area contributed by atoms with Gasteiger partial charge < -0.3 is 10.2 Å². The third kappa shape index (κ3) is 3.94. The number of urea groups is 1. The average Bonchev–Trinajstić information content (AvgIpc) is 2.35. The number of hydrogen-bond donors (Lipinski definition) is 1. The first kappa shape index (κ1) is 13.8. The van der Waals surface area contributed by atoms with Gasteiger partial charge in [-0.25, -0.2) is 9.18 Å². The molecular weight excluding hydrogens is 243 g/mol. The predicted molar refractivity (Wildman–Crippen MR) is 73.2 cm³/mol. The number of hydrogen-bond acceptors (Lipinski definition) is 1. The number of rotatable bonds is 2. The van der Waals surface area contributed by atoms with Gasteiger partial charge in [-0.15, -0.1) is 0 Å². The van der Waals surface area contributed by atoms with Crippen molar-refractivity contribution in [3.8, 4) is 0 Å². The minimum Gasteiger partial charge on any atom is -0.334 e. The molecule has 1 aliphatic rings. The first-order valence-electron chi connectivity index (χ1n) is 6.82. The summed E-state index contributed by atoms with van der Waals surface area (Å²) in [7, 11) is 0. The minimum absolute atomic E-state index is 0.0531. The normalized spacial score (nSPS) is 23.2. The summed E-state index contributed by atoms with van der Waals surface area (Å²) in [5, 5.41) is 2.86. The van der Waals surface area contributed by atoms with Gasteiger partial charge in [-0.2, -0.15) is 0 Å². The van der Waals surface area contributed by atoms with Crippen molar-refractivity contribution in [3.05, 3.63) is 35.6 Å². The topological polar surface area (TPSA) is 32.3 Å². The summed E-state index contributed by atoms with van der Waals surface area (Å²) < 4.78 is 13.0. The van der Waals surface area contributed by atoms with Crippen LogP contribution in [0, 0.1) is 17.7 Å². The fourth-order valence-corrected chi connectivity index (χ4v) is 2.77. The van der Waals surface area contributed by atoms with E-state index >= 15 is 0 Å². The van der Waals surface area contributed by atoms with Gasteiger partial charge in [0, 0.05) is 19.6 Å². The van der Waals surface area contributed by atoms with E-state index in [-0.39, 0.29) is 11.8 Å². The number of amides is 2. The van der Waals surface area contributed by atoms with Crippen LogP contribution < -0.4 is 5.32 Å². The van der Waals surface area contributed by atoms with Crippen molar-refractivity contribution in [2.45, 2.75) is 26.8 Å². The van der Waals surface area contributed by atoms with Gasteiger partial charge in [0.1, 0.15) is 5.82 Å². The number of nitrogens with one attached hydrogen (secondary N) is 1. The molecule has 0 bridgehead atoms. The zero-order chi connectivity index (χ0) is 13.8. The Labute approximate surface area is 113 Å². The largest absolute Gasteiger partial charge is 0.334 e. The van der Waals surface area contributed by atoms with Crippen molar-refractivity contribution in [2.24, 2.45) is 11.8 Å². The Kier molecular flexibility index (Phi) is 4.40. The first-order valence-corrected chi connectivity index (χ1v) is 6.82. The van der Waals surface area contributed by atoms with E-state index < -0.39 is 0 Å². The molecule has 2 amide bonds. The SMILES string of the molecule is CC1CC(C)CN(C(=O)NCc2cccc(F)c2)C1. The summed E-state index contributed by atoms with van der Waals surface area (Å²) in [6.45, 7) is 6.32. The molecule has 1 saturated heterocycles. The maximum absolute atomic E-state index is 13.0. The molecule has 1 aliphatic heterocycles. The zero-order valence-corrected chi connectivity index (χ0v) is 11.5.